The molecule has 4 aliphatic carbocycles. The monoisotopic (exact) mass is 540 g/mol. The molecule has 4 aliphatic rings. The molecule has 0 amide bonds. The molecule has 39 heavy (non-hydrogen) atoms. The zero-order valence-corrected chi connectivity index (χ0v) is 25.3. The van der Waals surface area contributed by atoms with Crippen LogP contribution >= 0.6 is 0 Å². The molecule has 9 atom stereocenters. The van der Waals surface area contributed by atoms with Gasteiger partial charge in [-0.05, 0) is 117 Å². The van der Waals surface area contributed by atoms with Gasteiger partial charge in [0, 0.05) is 30.6 Å². The standard InChI is InChI=1S/C35H56O4/c1-7-26(10-8-9-23(2)3)30-13-14-31-29-12-11-27-20-28(39-33(38)24(4)19-25(21-36)22-37)15-17-34(27,5)32(29)16-18-35(30,31)6/h1,23,25-32,36-37H,4,8-22H2,2-3,5-6H3/t26-,27?,28+,29+,30-,31+,32?,34+,35-/m1/s1. The summed E-state index contributed by atoms with van der Waals surface area (Å²) in [5.41, 5.74) is 1.09. The molecule has 0 bridgehead atoms. The third-order valence-corrected chi connectivity index (χ3v) is 12.3. The van der Waals surface area contributed by atoms with Gasteiger partial charge >= 0.3 is 5.97 Å². The zero-order valence-electron chi connectivity index (χ0n) is 25.3. The number of esters is 1. The van der Waals surface area contributed by atoms with Crippen molar-refractivity contribution in [3.05, 3.63) is 12.2 Å². The minimum Gasteiger partial charge on any atom is -0.459 e. The van der Waals surface area contributed by atoms with E-state index in [0.29, 0.717) is 34.2 Å². The fraction of sp³-hybridized carbons (Fsp3) is 0.857. The lowest BCUT2D eigenvalue weighted by Gasteiger charge is -2.61. The summed E-state index contributed by atoms with van der Waals surface area (Å²) in [4.78, 5) is 12.7. The van der Waals surface area contributed by atoms with Gasteiger partial charge < -0.3 is 14.9 Å². The molecule has 0 heterocycles. The van der Waals surface area contributed by atoms with Crippen LogP contribution in [0.2, 0.25) is 0 Å². The maximum atomic E-state index is 12.7. The van der Waals surface area contributed by atoms with E-state index in [0.717, 1.165) is 42.9 Å². The summed E-state index contributed by atoms with van der Waals surface area (Å²) in [7, 11) is 0. The Hall–Kier alpha value is -1.31. The van der Waals surface area contributed by atoms with E-state index < -0.39 is 0 Å². The van der Waals surface area contributed by atoms with Gasteiger partial charge in [0.2, 0.25) is 0 Å². The molecule has 0 aromatic heterocycles. The first-order valence-electron chi connectivity index (χ1n) is 16.1. The SMILES string of the molecule is C#C[C@H](CCCC(C)C)[C@H]1CC[C@H]2[C@@H]3CCC4C[C@@H](OC(=O)C(=C)CC(CO)CO)CC[C@]4(C)C3CC[C@]12C. The molecule has 0 spiro atoms. The average molecular weight is 541 g/mol. The largest absolute Gasteiger partial charge is 0.459 e. The van der Waals surface area contributed by atoms with Crippen molar-refractivity contribution in [2.45, 2.75) is 117 Å². The van der Waals surface area contributed by atoms with Crippen molar-refractivity contribution >= 4 is 5.97 Å². The highest BCUT2D eigenvalue weighted by atomic mass is 16.5. The molecule has 0 saturated heterocycles. The summed E-state index contributed by atoms with van der Waals surface area (Å²) in [5.74, 6) is 7.46. The number of hydrogen-bond acceptors (Lipinski definition) is 4. The Morgan fingerprint density at radius 1 is 1.00 bits per heavy atom. The maximum absolute atomic E-state index is 12.7. The van der Waals surface area contributed by atoms with E-state index in [1.54, 1.807) is 0 Å². The van der Waals surface area contributed by atoms with Gasteiger partial charge in [-0.3, -0.25) is 0 Å². The van der Waals surface area contributed by atoms with Gasteiger partial charge in [0.25, 0.3) is 0 Å². The number of aliphatic hydroxyl groups is 2. The smallest absolute Gasteiger partial charge is 0.333 e. The number of carbonyl (C=O) groups excluding carboxylic acids is 1. The highest BCUT2D eigenvalue weighted by Gasteiger charge is 2.61. The predicted octanol–water partition coefficient (Wildman–Crippen LogP) is 7.18. The van der Waals surface area contributed by atoms with Crippen LogP contribution in [0.1, 0.15) is 111 Å². The second-order valence-corrected chi connectivity index (χ2v) is 14.8. The van der Waals surface area contributed by atoms with Crippen LogP contribution < -0.4 is 0 Å². The first-order chi connectivity index (χ1) is 18.6. The highest BCUT2D eigenvalue weighted by molar-refractivity contribution is 5.87. The second-order valence-electron chi connectivity index (χ2n) is 14.8. The van der Waals surface area contributed by atoms with Crippen molar-refractivity contribution in [3.8, 4) is 12.3 Å². The van der Waals surface area contributed by atoms with Crippen LogP contribution in [0.3, 0.4) is 0 Å². The molecule has 0 aliphatic heterocycles. The summed E-state index contributed by atoms with van der Waals surface area (Å²) >= 11 is 0. The Kier molecular flexibility index (Phi) is 9.97. The molecule has 220 valence electrons. The van der Waals surface area contributed by atoms with E-state index in [9.17, 15) is 15.0 Å². The first-order valence-corrected chi connectivity index (χ1v) is 16.1. The molecule has 0 aromatic rings. The van der Waals surface area contributed by atoms with Crippen molar-refractivity contribution in [1.29, 1.82) is 0 Å². The quantitative estimate of drug-likeness (QED) is 0.165. The normalized spacial score (nSPS) is 38.4. The Morgan fingerprint density at radius 3 is 2.36 bits per heavy atom. The van der Waals surface area contributed by atoms with Gasteiger partial charge in [0.15, 0.2) is 0 Å². The number of rotatable bonds is 11. The van der Waals surface area contributed by atoms with E-state index >= 15 is 0 Å². The summed E-state index contributed by atoms with van der Waals surface area (Å²) < 4.78 is 5.94. The second kappa shape index (κ2) is 12.7. The van der Waals surface area contributed by atoms with Gasteiger partial charge in [0.1, 0.15) is 6.10 Å². The van der Waals surface area contributed by atoms with Gasteiger partial charge in [-0.1, -0.05) is 47.1 Å². The number of terminal acetylenes is 1. The van der Waals surface area contributed by atoms with Crippen molar-refractivity contribution < 1.29 is 19.7 Å². The molecule has 2 N–H and O–H groups in total. The Labute approximate surface area is 238 Å². The van der Waals surface area contributed by atoms with Gasteiger partial charge in [-0.15, -0.1) is 12.3 Å². The maximum Gasteiger partial charge on any atom is 0.333 e. The average Bonchev–Trinajstić information content (AvgIpc) is 3.26. The van der Waals surface area contributed by atoms with E-state index in [-0.39, 0.29) is 37.6 Å². The van der Waals surface area contributed by atoms with Crippen molar-refractivity contribution in [3.63, 3.8) is 0 Å². The van der Waals surface area contributed by atoms with E-state index in [4.69, 9.17) is 11.2 Å². The van der Waals surface area contributed by atoms with Gasteiger partial charge in [0.05, 0.1) is 0 Å². The van der Waals surface area contributed by atoms with E-state index in [1.807, 2.05) is 0 Å². The molecule has 4 fully saturated rings. The van der Waals surface area contributed by atoms with Crippen LogP contribution in [-0.2, 0) is 9.53 Å². The molecule has 4 saturated carbocycles. The third kappa shape index (κ3) is 6.16. The number of carbonyl (C=O) groups is 1. The lowest BCUT2D eigenvalue weighted by molar-refractivity contribution is -0.159. The Balaban J connectivity index is 1.37. The lowest BCUT2D eigenvalue weighted by atomic mass is 9.44. The van der Waals surface area contributed by atoms with Crippen molar-refractivity contribution in [2.24, 2.45) is 58.2 Å². The molecule has 4 nitrogen and oxygen atoms in total. The molecular weight excluding hydrogens is 484 g/mol. The number of aliphatic hydroxyl groups excluding tert-OH is 2. The lowest BCUT2D eigenvalue weighted by Crippen LogP contribution is -2.54. The number of fused-ring (bicyclic) bond motifs is 5. The summed E-state index contributed by atoms with van der Waals surface area (Å²) in [6, 6.07) is 0. The van der Waals surface area contributed by atoms with Crippen LogP contribution in [0.25, 0.3) is 0 Å². The molecule has 4 rings (SSSR count). The molecule has 4 heteroatoms. The molecule has 0 radical (unpaired) electrons. The van der Waals surface area contributed by atoms with Crippen molar-refractivity contribution in [2.75, 3.05) is 13.2 Å². The topological polar surface area (TPSA) is 66.8 Å². The van der Waals surface area contributed by atoms with Crippen LogP contribution in [0.15, 0.2) is 12.2 Å². The fourth-order valence-electron chi connectivity index (χ4n) is 10.0. The number of ether oxygens (including phenoxy) is 1. The van der Waals surface area contributed by atoms with E-state index in [2.05, 4.69) is 40.2 Å². The van der Waals surface area contributed by atoms with E-state index in [1.165, 1.54) is 57.8 Å². The highest BCUT2D eigenvalue weighted by Crippen LogP contribution is 2.68. The minimum absolute atomic E-state index is 0.0440. The summed E-state index contributed by atoms with van der Waals surface area (Å²) in [6.07, 6.45) is 21.1. The predicted molar refractivity (Wildman–Crippen MR) is 158 cm³/mol. The molecular formula is C35H56O4. The zero-order chi connectivity index (χ0) is 28.4. The van der Waals surface area contributed by atoms with Crippen molar-refractivity contribution in [1.82, 2.24) is 0 Å². The first kappa shape index (κ1) is 30.6. The third-order valence-electron chi connectivity index (χ3n) is 12.3. The molecule has 2 unspecified atom stereocenters. The van der Waals surface area contributed by atoms with Gasteiger partial charge in [-0.25, -0.2) is 4.79 Å². The summed E-state index contributed by atoms with van der Waals surface area (Å²) in [5, 5.41) is 18.7. The van der Waals surface area contributed by atoms with Crippen LogP contribution in [0.4, 0.5) is 0 Å². The Bertz CT molecular complexity index is 899. The van der Waals surface area contributed by atoms with Crippen LogP contribution in [0.5, 0.6) is 0 Å². The van der Waals surface area contributed by atoms with Crippen LogP contribution in [-0.4, -0.2) is 35.5 Å². The fourth-order valence-corrected chi connectivity index (χ4v) is 10.0. The number of hydrogen-bond donors (Lipinski definition) is 2. The summed E-state index contributed by atoms with van der Waals surface area (Å²) in [6.45, 7) is 13.4. The minimum atomic E-state index is -0.355. The Morgan fingerprint density at radius 2 is 1.69 bits per heavy atom. The molecule has 0 aromatic carbocycles. The van der Waals surface area contributed by atoms with Gasteiger partial charge in [-0.2, -0.15) is 0 Å². The van der Waals surface area contributed by atoms with Crippen LogP contribution in [0, 0.1) is 70.5 Å².